The molecule has 0 spiro atoms. The third-order valence-corrected chi connectivity index (χ3v) is 1.88. The van der Waals surface area contributed by atoms with E-state index in [2.05, 4.69) is 6.92 Å². The van der Waals surface area contributed by atoms with E-state index in [-0.39, 0.29) is 6.10 Å². The highest BCUT2D eigenvalue weighted by Crippen LogP contribution is 2.07. The highest BCUT2D eigenvalue weighted by molar-refractivity contribution is 4.67. The van der Waals surface area contributed by atoms with Gasteiger partial charge in [0, 0.05) is 13.2 Å². The molecule has 0 aromatic heterocycles. The molecular weight excluding hydrogens is 168 g/mol. The van der Waals surface area contributed by atoms with Crippen LogP contribution in [0.4, 0.5) is 0 Å². The van der Waals surface area contributed by atoms with E-state index in [1.165, 1.54) is 0 Å². The number of ether oxygens (including phenoxy) is 2. The predicted octanol–water partition coefficient (Wildman–Crippen LogP) is 1.59. The number of hydrogen-bond acceptors (Lipinski definition) is 3. The summed E-state index contributed by atoms with van der Waals surface area (Å²) in [5, 5.41) is 9.65. The van der Waals surface area contributed by atoms with Crippen LogP contribution in [0.2, 0.25) is 0 Å². The van der Waals surface area contributed by atoms with Crippen LogP contribution >= 0.6 is 0 Å². The van der Waals surface area contributed by atoms with Crippen molar-refractivity contribution in [3.05, 3.63) is 0 Å². The molecule has 2 atom stereocenters. The number of aliphatic hydroxyl groups is 1. The number of rotatable bonds is 8. The maximum Gasteiger partial charge on any atom is 0.103 e. The van der Waals surface area contributed by atoms with Gasteiger partial charge in [0.05, 0.1) is 12.7 Å². The Hall–Kier alpha value is -0.120. The normalized spacial score (nSPS) is 15.7. The molecule has 0 aromatic rings. The van der Waals surface area contributed by atoms with Crippen molar-refractivity contribution in [3.8, 4) is 0 Å². The lowest BCUT2D eigenvalue weighted by molar-refractivity contribution is -0.0705. The van der Waals surface area contributed by atoms with Crippen LogP contribution in [0.1, 0.15) is 33.6 Å². The van der Waals surface area contributed by atoms with E-state index in [0.717, 1.165) is 12.8 Å². The number of hydrogen-bond donors (Lipinski definition) is 1. The summed E-state index contributed by atoms with van der Waals surface area (Å²) in [7, 11) is 0. The van der Waals surface area contributed by atoms with Crippen LogP contribution in [-0.2, 0) is 9.47 Å². The van der Waals surface area contributed by atoms with Crippen LogP contribution in [-0.4, -0.2) is 37.1 Å². The summed E-state index contributed by atoms with van der Waals surface area (Å²) in [6.07, 6.45) is 1.36. The fraction of sp³-hybridized carbons (Fsp3) is 1.00. The SMILES string of the molecule is CCCC(OCC)C(O)COCC. The fourth-order valence-corrected chi connectivity index (χ4v) is 1.23. The van der Waals surface area contributed by atoms with Crippen molar-refractivity contribution in [1.29, 1.82) is 0 Å². The van der Waals surface area contributed by atoms with Gasteiger partial charge in [0.1, 0.15) is 6.10 Å². The summed E-state index contributed by atoms with van der Waals surface area (Å²) in [4.78, 5) is 0. The Bertz CT molecular complexity index is 100. The van der Waals surface area contributed by atoms with E-state index < -0.39 is 6.10 Å². The molecule has 0 amide bonds. The molecule has 0 saturated heterocycles. The summed E-state index contributed by atoms with van der Waals surface area (Å²) in [5.74, 6) is 0. The van der Waals surface area contributed by atoms with Gasteiger partial charge in [-0.25, -0.2) is 0 Å². The molecule has 80 valence electrons. The molecule has 0 heterocycles. The zero-order chi connectivity index (χ0) is 10.1. The molecule has 0 aliphatic carbocycles. The van der Waals surface area contributed by atoms with Crippen LogP contribution < -0.4 is 0 Å². The first-order valence-electron chi connectivity index (χ1n) is 5.13. The second-order valence-electron chi connectivity index (χ2n) is 3.01. The van der Waals surface area contributed by atoms with Gasteiger partial charge in [-0.3, -0.25) is 0 Å². The van der Waals surface area contributed by atoms with Crippen LogP contribution in [0.25, 0.3) is 0 Å². The average Bonchev–Trinajstić information content (AvgIpc) is 2.14. The lowest BCUT2D eigenvalue weighted by Gasteiger charge is -2.22. The quantitative estimate of drug-likeness (QED) is 0.631. The summed E-state index contributed by atoms with van der Waals surface area (Å²) >= 11 is 0. The molecule has 0 aromatic carbocycles. The third kappa shape index (κ3) is 6.02. The first kappa shape index (κ1) is 12.9. The Morgan fingerprint density at radius 3 is 2.31 bits per heavy atom. The fourth-order valence-electron chi connectivity index (χ4n) is 1.23. The molecule has 0 rings (SSSR count). The monoisotopic (exact) mass is 190 g/mol. The van der Waals surface area contributed by atoms with E-state index in [1.807, 2.05) is 13.8 Å². The van der Waals surface area contributed by atoms with Gasteiger partial charge in [0.2, 0.25) is 0 Å². The molecule has 2 unspecified atom stereocenters. The summed E-state index contributed by atoms with van der Waals surface area (Å²) < 4.78 is 10.6. The van der Waals surface area contributed by atoms with Crippen LogP contribution in [0, 0.1) is 0 Å². The molecular formula is C10H22O3. The van der Waals surface area contributed by atoms with Crippen LogP contribution in [0.5, 0.6) is 0 Å². The van der Waals surface area contributed by atoms with Gasteiger partial charge < -0.3 is 14.6 Å². The van der Waals surface area contributed by atoms with E-state index in [4.69, 9.17) is 9.47 Å². The van der Waals surface area contributed by atoms with Gasteiger partial charge in [-0.1, -0.05) is 13.3 Å². The third-order valence-electron chi connectivity index (χ3n) is 1.88. The molecule has 3 nitrogen and oxygen atoms in total. The first-order chi connectivity index (χ1) is 6.26. The second kappa shape index (κ2) is 8.48. The van der Waals surface area contributed by atoms with Crippen LogP contribution in [0.15, 0.2) is 0 Å². The number of aliphatic hydroxyl groups excluding tert-OH is 1. The van der Waals surface area contributed by atoms with Gasteiger partial charge >= 0.3 is 0 Å². The summed E-state index contributed by atoms with van der Waals surface area (Å²) in [6, 6.07) is 0. The highest BCUT2D eigenvalue weighted by Gasteiger charge is 2.18. The largest absolute Gasteiger partial charge is 0.388 e. The first-order valence-corrected chi connectivity index (χ1v) is 5.13. The lowest BCUT2D eigenvalue weighted by atomic mass is 10.1. The lowest BCUT2D eigenvalue weighted by Crippen LogP contribution is -2.33. The molecule has 1 N–H and O–H groups in total. The van der Waals surface area contributed by atoms with E-state index in [0.29, 0.717) is 19.8 Å². The standard InChI is InChI=1S/C10H22O3/c1-4-7-10(13-6-3)9(11)8-12-5-2/h9-11H,4-8H2,1-3H3. The Morgan fingerprint density at radius 2 is 1.85 bits per heavy atom. The topological polar surface area (TPSA) is 38.7 Å². The molecule has 0 radical (unpaired) electrons. The summed E-state index contributed by atoms with van der Waals surface area (Å²) in [5.41, 5.74) is 0. The van der Waals surface area contributed by atoms with Crippen molar-refractivity contribution in [2.75, 3.05) is 19.8 Å². The van der Waals surface area contributed by atoms with Crippen molar-refractivity contribution in [2.45, 2.75) is 45.8 Å². The van der Waals surface area contributed by atoms with E-state index in [1.54, 1.807) is 0 Å². The Labute approximate surface area is 81.0 Å². The van der Waals surface area contributed by atoms with Crippen molar-refractivity contribution in [3.63, 3.8) is 0 Å². The maximum absolute atomic E-state index is 9.65. The molecule has 3 heteroatoms. The van der Waals surface area contributed by atoms with Crippen molar-refractivity contribution in [2.24, 2.45) is 0 Å². The van der Waals surface area contributed by atoms with E-state index >= 15 is 0 Å². The van der Waals surface area contributed by atoms with Gasteiger partial charge in [0.25, 0.3) is 0 Å². The highest BCUT2D eigenvalue weighted by atomic mass is 16.5. The van der Waals surface area contributed by atoms with Gasteiger partial charge in [-0.15, -0.1) is 0 Å². The second-order valence-corrected chi connectivity index (χ2v) is 3.01. The van der Waals surface area contributed by atoms with Crippen molar-refractivity contribution < 1.29 is 14.6 Å². The van der Waals surface area contributed by atoms with Gasteiger partial charge in [-0.2, -0.15) is 0 Å². The average molecular weight is 190 g/mol. The minimum absolute atomic E-state index is 0.0680. The zero-order valence-corrected chi connectivity index (χ0v) is 8.95. The Kier molecular flexibility index (Phi) is 8.40. The molecule has 0 aliphatic heterocycles. The Morgan fingerprint density at radius 1 is 1.15 bits per heavy atom. The maximum atomic E-state index is 9.65. The van der Waals surface area contributed by atoms with Gasteiger partial charge in [-0.05, 0) is 20.3 Å². The Balaban J connectivity index is 3.72. The van der Waals surface area contributed by atoms with Gasteiger partial charge in [0.15, 0.2) is 0 Å². The van der Waals surface area contributed by atoms with Crippen molar-refractivity contribution >= 4 is 0 Å². The van der Waals surface area contributed by atoms with Crippen molar-refractivity contribution in [1.82, 2.24) is 0 Å². The molecule has 0 aliphatic rings. The molecule has 0 saturated carbocycles. The zero-order valence-electron chi connectivity index (χ0n) is 8.95. The summed E-state index contributed by atoms with van der Waals surface area (Å²) in [6.45, 7) is 7.61. The minimum Gasteiger partial charge on any atom is -0.388 e. The van der Waals surface area contributed by atoms with E-state index in [9.17, 15) is 5.11 Å². The predicted molar refractivity (Wildman–Crippen MR) is 52.8 cm³/mol. The van der Waals surface area contributed by atoms with Crippen LogP contribution in [0.3, 0.4) is 0 Å². The minimum atomic E-state index is -0.486. The smallest absolute Gasteiger partial charge is 0.103 e. The molecule has 0 fully saturated rings. The molecule has 0 bridgehead atoms. The molecule has 13 heavy (non-hydrogen) atoms.